The highest BCUT2D eigenvalue weighted by atomic mass is 35.5. The molecule has 4 aromatic carbocycles. The molecule has 36 heavy (non-hydrogen) atoms. The number of fused-ring (bicyclic) bond motifs is 4. The van der Waals surface area contributed by atoms with Crippen LogP contribution < -0.4 is 0 Å². The summed E-state index contributed by atoms with van der Waals surface area (Å²) in [6.45, 7) is 0. The standard InChI is InChI=1S/C31H20ClN3O/c32-23-14-12-22(13-15-23)29(36)28-27(26-11-5-8-20-6-1-3-9-24(20)26)31(18-33,19-34)30-25-10-4-2-7-21(25)16-17-35(28)30/h1-17,27-28,30H/t27-,28+,30+/m0/s1. The number of hydrogen-bond donors (Lipinski definition) is 0. The fourth-order valence-electron chi connectivity index (χ4n) is 5.94. The molecule has 172 valence electrons. The van der Waals surface area contributed by atoms with Crippen LogP contribution >= 0.6 is 11.6 Å². The summed E-state index contributed by atoms with van der Waals surface area (Å²) in [5.74, 6) is -0.839. The molecule has 0 unspecified atom stereocenters. The summed E-state index contributed by atoms with van der Waals surface area (Å²) in [7, 11) is 0. The average Bonchev–Trinajstić information content (AvgIpc) is 3.23. The molecule has 2 heterocycles. The van der Waals surface area contributed by atoms with E-state index in [0.717, 1.165) is 27.5 Å². The monoisotopic (exact) mass is 485 g/mol. The molecule has 4 nitrogen and oxygen atoms in total. The second-order valence-corrected chi connectivity index (χ2v) is 9.69. The Labute approximate surface area is 214 Å². The third-order valence-corrected chi connectivity index (χ3v) is 7.75. The number of hydrogen-bond acceptors (Lipinski definition) is 4. The third-order valence-electron chi connectivity index (χ3n) is 7.50. The summed E-state index contributed by atoms with van der Waals surface area (Å²) in [4.78, 5) is 16.2. The van der Waals surface area contributed by atoms with Gasteiger partial charge in [0.2, 0.25) is 0 Å². The lowest BCUT2D eigenvalue weighted by Gasteiger charge is -2.34. The maximum atomic E-state index is 14.2. The van der Waals surface area contributed by atoms with Crippen molar-refractivity contribution >= 4 is 34.2 Å². The Balaban J connectivity index is 1.66. The lowest BCUT2D eigenvalue weighted by atomic mass is 9.67. The molecular weight excluding hydrogens is 466 g/mol. The van der Waals surface area contributed by atoms with E-state index in [1.807, 2.05) is 83.9 Å². The van der Waals surface area contributed by atoms with E-state index in [1.54, 1.807) is 24.3 Å². The molecule has 0 bridgehead atoms. The quantitative estimate of drug-likeness (QED) is 0.296. The van der Waals surface area contributed by atoms with Crippen LogP contribution in [0, 0.1) is 28.1 Å². The van der Waals surface area contributed by atoms with Crippen molar-refractivity contribution in [3.63, 3.8) is 0 Å². The molecule has 2 aliphatic heterocycles. The summed E-state index contributed by atoms with van der Waals surface area (Å²) >= 11 is 6.10. The Kier molecular flexibility index (Phi) is 5.15. The summed E-state index contributed by atoms with van der Waals surface area (Å²) in [5.41, 5.74) is 1.64. The Morgan fingerprint density at radius 3 is 2.28 bits per heavy atom. The summed E-state index contributed by atoms with van der Waals surface area (Å²) in [6.07, 6.45) is 3.83. The topological polar surface area (TPSA) is 67.9 Å². The van der Waals surface area contributed by atoms with Crippen LogP contribution in [0.25, 0.3) is 16.8 Å². The van der Waals surface area contributed by atoms with Crippen LogP contribution in [0.2, 0.25) is 5.02 Å². The molecule has 0 N–H and O–H groups in total. The van der Waals surface area contributed by atoms with E-state index >= 15 is 0 Å². The van der Waals surface area contributed by atoms with Crippen molar-refractivity contribution in [1.29, 1.82) is 10.5 Å². The number of carbonyl (C=O) groups excluding carboxylic acids is 1. The fourth-order valence-corrected chi connectivity index (χ4v) is 6.07. The van der Waals surface area contributed by atoms with Gasteiger partial charge in [0.1, 0.15) is 6.04 Å². The van der Waals surface area contributed by atoms with Gasteiger partial charge in [-0.05, 0) is 57.8 Å². The van der Waals surface area contributed by atoms with Crippen LogP contribution in [-0.4, -0.2) is 16.7 Å². The molecule has 0 saturated carbocycles. The second kappa shape index (κ2) is 8.38. The lowest BCUT2D eigenvalue weighted by molar-refractivity contribution is 0.0875. The third kappa shape index (κ3) is 3.09. The molecule has 0 aliphatic carbocycles. The summed E-state index contributed by atoms with van der Waals surface area (Å²) in [5, 5.41) is 24.0. The average molecular weight is 486 g/mol. The molecule has 6 rings (SSSR count). The van der Waals surface area contributed by atoms with Crippen molar-refractivity contribution in [3.8, 4) is 12.1 Å². The van der Waals surface area contributed by atoms with Gasteiger partial charge in [0.15, 0.2) is 11.2 Å². The molecule has 5 heteroatoms. The van der Waals surface area contributed by atoms with Crippen LogP contribution in [0.15, 0.2) is 97.2 Å². The van der Waals surface area contributed by atoms with Gasteiger partial charge in [0, 0.05) is 22.7 Å². The minimum atomic E-state index is -1.50. The summed E-state index contributed by atoms with van der Waals surface area (Å²) in [6, 6.07) is 31.9. The number of Topliss-reactive ketones (excluding diaryl/α,β-unsaturated/α-hetero) is 1. The number of carbonyl (C=O) groups is 1. The van der Waals surface area contributed by atoms with Crippen LogP contribution in [0.1, 0.15) is 39.0 Å². The molecule has 0 aromatic heterocycles. The van der Waals surface area contributed by atoms with Crippen LogP contribution in [0.5, 0.6) is 0 Å². The van der Waals surface area contributed by atoms with Gasteiger partial charge < -0.3 is 4.90 Å². The smallest absolute Gasteiger partial charge is 0.185 e. The zero-order valence-electron chi connectivity index (χ0n) is 19.2. The predicted octanol–water partition coefficient (Wildman–Crippen LogP) is 6.90. The van der Waals surface area contributed by atoms with Crippen LogP contribution in [0.4, 0.5) is 0 Å². The first-order valence-corrected chi connectivity index (χ1v) is 12.1. The highest BCUT2D eigenvalue weighted by molar-refractivity contribution is 6.30. The Hall–Kier alpha value is -4.38. The zero-order chi connectivity index (χ0) is 24.9. The number of nitriles is 2. The summed E-state index contributed by atoms with van der Waals surface area (Å²) < 4.78 is 0. The van der Waals surface area contributed by atoms with E-state index in [-0.39, 0.29) is 5.78 Å². The fraction of sp³-hybridized carbons (Fsp3) is 0.129. The number of rotatable bonds is 3. The molecule has 1 fully saturated rings. The largest absolute Gasteiger partial charge is 0.357 e. The normalized spacial score (nSPS) is 21.3. The van der Waals surface area contributed by atoms with E-state index in [9.17, 15) is 15.3 Å². The minimum absolute atomic E-state index is 0.147. The first-order chi connectivity index (χ1) is 17.6. The number of nitrogens with zero attached hydrogens (tertiary/aromatic N) is 3. The van der Waals surface area contributed by atoms with Gasteiger partial charge >= 0.3 is 0 Å². The van der Waals surface area contributed by atoms with Gasteiger partial charge in [-0.15, -0.1) is 0 Å². The lowest BCUT2D eigenvalue weighted by Crippen LogP contribution is -2.37. The molecule has 4 aromatic rings. The van der Waals surface area contributed by atoms with Crippen molar-refractivity contribution in [3.05, 3.63) is 124 Å². The SMILES string of the molecule is N#CC1(C#N)[C@@H](c2cccc3ccccc23)[C@H](C(=O)c2ccc(Cl)cc2)N2C=Cc3ccccc3[C@@H]21. The van der Waals surface area contributed by atoms with Gasteiger partial charge in [-0.3, -0.25) is 4.79 Å². The Bertz CT molecular complexity index is 1610. The Morgan fingerprint density at radius 2 is 1.50 bits per heavy atom. The number of benzene rings is 4. The van der Waals surface area contributed by atoms with Crippen molar-refractivity contribution in [1.82, 2.24) is 4.90 Å². The van der Waals surface area contributed by atoms with Gasteiger partial charge in [0.25, 0.3) is 0 Å². The minimum Gasteiger partial charge on any atom is -0.357 e. The first kappa shape index (κ1) is 22.1. The van der Waals surface area contributed by atoms with Gasteiger partial charge in [-0.25, -0.2) is 0 Å². The second-order valence-electron chi connectivity index (χ2n) is 9.25. The van der Waals surface area contributed by atoms with Crippen LogP contribution in [-0.2, 0) is 0 Å². The van der Waals surface area contributed by atoms with Crippen molar-refractivity contribution < 1.29 is 4.79 Å². The number of ketones is 1. The highest BCUT2D eigenvalue weighted by Crippen LogP contribution is 2.60. The van der Waals surface area contributed by atoms with E-state index in [0.29, 0.717) is 10.6 Å². The Morgan fingerprint density at radius 1 is 0.833 bits per heavy atom. The van der Waals surface area contributed by atoms with Crippen molar-refractivity contribution in [2.75, 3.05) is 0 Å². The maximum Gasteiger partial charge on any atom is 0.185 e. The van der Waals surface area contributed by atoms with E-state index in [2.05, 4.69) is 12.1 Å². The van der Waals surface area contributed by atoms with E-state index in [1.165, 1.54) is 0 Å². The van der Waals surface area contributed by atoms with Crippen molar-refractivity contribution in [2.24, 2.45) is 5.41 Å². The van der Waals surface area contributed by atoms with Crippen LogP contribution in [0.3, 0.4) is 0 Å². The van der Waals surface area contributed by atoms with E-state index < -0.39 is 23.4 Å². The van der Waals surface area contributed by atoms with Gasteiger partial charge in [-0.1, -0.05) is 78.3 Å². The van der Waals surface area contributed by atoms with Gasteiger partial charge in [-0.2, -0.15) is 10.5 Å². The van der Waals surface area contributed by atoms with E-state index in [4.69, 9.17) is 11.6 Å². The molecule has 0 spiro atoms. The molecule has 0 radical (unpaired) electrons. The molecule has 1 saturated heterocycles. The molecule has 0 amide bonds. The molecule has 3 atom stereocenters. The predicted molar refractivity (Wildman–Crippen MR) is 140 cm³/mol. The molecule has 2 aliphatic rings. The van der Waals surface area contributed by atoms with Crippen molar-refractivity contribution in [2.45, 2.75) is 18.0 Å². The first-order valence-electron chi connectivity index (χ1n) is 11.7. The maximum absolute atomic E-state index is 14.2. The molecular formula is C31H20ClN3O. The highest BCUT2D eigenvalue weighted by Gasteiger charge is 2.64. The number of halogens is 1. The van der Waals surface area contributed by atoms with Gasteiger partial charge in [0.05, 0.1) is 18.2 Å². The zero-order valence-corrected chi connectivity index (χ0v) is 19.9.